The van der Waals surface area contributed by atoms with Gasteiger partial charge in [-0.2, -0.15) is 0 Å². The summed E-state index contributed by atoms with van der Waals surface area (Å²) >= 11 is 0. The molecule has 9 nitrogen and oxygen atoms in total. The van der Waals surface area contributed by atoms with Gasteiger partial charge < -0.3 is 9.80 Å². The molecule has 2 N–H and O–H groups in total. The van der Waals surface area contributed by atoms with Gasteiger partial charge in [-0.15, -0.1) is 0 Å². The molecule has 5 amide bonds. The summed E-state index contributed by atoms with van der Waals surface area (Å²) in [4.78, 5) is 56.2. The Morgan fingerprint density at radius 2 is 1.72 bits per heavy atom. The van der Waals surface area contributed by atoms with Crippen LogP contribution in [0.5, 0.6) is 0 Å². The van der Waals surface area contributed by atoms with Crippen LogP contribution in [0.15, 0.2) is 0 Å². The first-order chi connectivity index (χ1) is 15.2. The molecule has 180 valence electrons. The number of likely N-dealkylation sites (tertiary alicyclic amines) is 1. The first-order valence-electron chi connectivity index (χ1n) is 12.0. The fourth-order valence-electron chi connectivity index (χ4n) is 5.44. The summed E-state index contributed by atoms with van der Waals surface area (Å²) in [7, 11) is 1.59. The molecule has 0 aromatic carbocycles. The molecule has 2 heterocycles. The number of nitrogens with one attached hydrogen (secondary N) is 1. The van der Waals surface area contributed by atoms with Crippen LogP contribution >= 0.6 is 0 Å². The first kappa shape index (κ1) is 24.5. The molecule has 3 rings (SSSR count). The molecule has 32 heavy (non-hydrogen) atoms. The van der Waals surface area contributed by atoms with Crippen LogP contribution in [0, 0.1) is 17.8 Å². The predicted molar refractivity (Wildman–Crippen MR) is 117 cm³/mol. The zero-order valence-electron chi connectivity index (χ0n) is 19.6. The number of nitrogens with zero attached hydrogens (tertiary/aromatic N) is 3. The van der Waals surface area contributed by atoms with E-state index in [-0.39, 0.29) is 24.8 Å². The molecule has 0 radical (unpaired) electrons. The summed E-state index contributed by atoms with van der Waals surface area (Å²) in [6, 6.07) is -0.417. The number of imide groups is 1. The van der Waals surface area contributed by atoms with E-state index in [0.717, 1.165) is 44.9 Å². The highest BCUT2D eigenvalue weighted by atomic mass is 16.5. The molecule has 0 bridgehead atoms. The molecule has 0 aromatic heterocycles. The van der Waals surface area contributed by atoms with Crippen molar-refractivity contribution in [1.29, 1.82) is 0 Å². The third-order valence-corrected chi connectivity index (χ3v) is 7.73. The number of rotatable bonds is 8. The topological polar surface area (TPSA) is 110 Å². The minimum absolute atomic E-state index is 0.00414. The fourth-order valence-corrected chi connectivity index (χ4v) is 5.44. The number of amides is 5. The van der Waals surface area contributed by atoms with Crippen LogP contribution in [0.4, 0.5) is 4.79 Å². The van der Waals surface area contributed by atoms with Gasteiger partial charge >= 0.3 is 6.03 Å². The minimum atomic E-state index is -0.974. The standard InChI is InChI=1S/C23H38N4O5/c1-23(2)21(30)27(22(31)25(23)3)15-17(14-19(28)24-32)18(13-16-9-5-6-10-16)20(29)26-11-7-4-8-12-26/h16-18,32H,4-15H2,1-3H3,(H,24,28). The van der Waals surface area contributed by atoms with Gasteiger partial charge in [-0.1, -0.05) is 25.7 Å². The maximum Gasteiger partial charge on any atom is 0.327 e. The Labute approximate surface area is 190 Å². The van der Waals surface area contributed by atoms with E-state index < -0.39 is 29.3 Å². The highest BCUT2D eigenvalue weighted by Crippen LogP contribution is 2.37. The third kappa shape index (κ3) is 5.08. The molecular formula is C23H38N4O5. The fraction of sp³-hybridized carbons (Fsp3) is 0.826. The summed E-state index contributed by atoms with van der Waals surface area (Å²) in [5.74, 6) is -1.54. The molecule has 1 aliphatic carbocycles. The summed E-state index contributed by atoms with van der Waals surface area (Å²) in [6.45, 7) is 4.79. The van der Waals surface area contributed by atoms with Gasteiger partial charge in [0, 0.05) is 39.0 Å². The Balaban J connectivity index is 1.88. The summed E-state index contributed by atoms with van der Waals surface area (Å²) in [5.41, 5.74) is 0.699. The first-order valence-corrected chi connectivity index (χ1v) is 12.0. The molecule has 2 unspecified atom stereocenters. The second kappa shape index (κ2) is 10.2. The quantitative estimate of drug-likeness (QED) is 0.335. The predicted octanol–water partition coefficient (Wildman–Crippen LogP) is 2.38. The van der Waals surface area contributed by atoms with Crippen LogP contribution < -0.4 is 5.48 Å². The van der Waals surface area contributed by atoms with Gasteiger partial charge in [-0.05, 0) is 51.4 Å². The van der Waals surface area contributed by atoms with E-state index in [9.17, 15) is 24.4 Å². The van der Waals surface area contributed by atoms with Gasteiger partial charge in [-0.25, -0.2) is 10.3 Å². The van der Waals surface area contributed by atoms with E-state index in [1.165, 1.54) is 9.80 Å². The van der Waals surface area contributed by atoms with Crippen molar-refractivity contribution in [2.45, 2.75) is 77.2 Å². The molecule has 1 saturated carbocycles. The van der Waals surface area contributed by atoms with Crippen molar-refractivity contribution < 1.29 is 24.4 Å². The van der Waals surface area contributed by atoms with Crippen LogP contribution in [0.3, 0.4) is 0 Å². The van der Waals surface area contributed by atoms with Crippen LogP contribution in [0.25, 0.3) is 0 Å². The van der Waals surface area contributed by atoms with Crippen molar-refractivity contribution in [2.24, 2.45) is 17.8 Å². The highest BCUT2D eigenvalue weighted by Gasteiger charge is 2.50. The van der Waals surface area contributed by atoms with E-state index in [0.29, 0.717) is 25.4 Å². The Morgan fingerprint density at radius 3 is 2.25 bits per heavy atom. The van der Waals surface area contributed by atoms with Crippen molar-refractivity contribution in [2.75, 3.05) is 26.7 Å². The van der Waals surface area contributed by atoms with Crippen molar-refractivity contribution in [3.8, 4) is 0 Å². The largest absolute Gasteiger partial charge is 0.342 e. The molecule has 2 saturated heterocycles. The van der Waals surface area contributed by atoms with E-state index in [4.69, 9.17) is 0 Å². The Morgan fingerprint density at radius 1 is 1.09 bits per heavy atom. The van der Waals surface area contributed by atoms with E-state index in [2.05, 4.69) is 0 Å². The third-order valence-electron chi connectivity index (χ3n) is 7.73. The van der Waals surface area contributed by atoms with Crippen molar-refractivity contribution in [3.05, 3.63) is 0 Å². The highest BCUT2D eigenvalue weighted by molar-refractivity contribution is 6.06. The smallest absolute Gasteiger partial charge is 0.327 e. The molecule has 3 fully saturated rings. The van der Waals surface area contributed by atoms with Crippen molar-refractivity contribution in [3.63, 3.8) is 0 Å². The van der Waals surface area contributed by atoms with Gasteiger partial charge in [0.2, 0.25) is 11.8 Å². The van der Waals surface area contributed by atoms with Crippen molar-refractivity contribution in [1.82, 2.24) is 20.2 Å². The van der Waals surface area contributed by atoms with E-state index in [1.54, 1.807) is 26.4 Å². The van der Waals surface area contributed by atoms with Gasteiger partial charge in [0.05, 0.1) is 0 Å². The number of hydroxylamine groups is 1. The normalized spacial score (nSPS) is 23.6. The average Bonchev–Trinajstić information content (AvgIpc) is 3.36. The number of hydrogen-bond acceptors (Lipinski definition) is 5. The Kier molecular flexibility index (Phi) is 7.79. The minimum Gasteiger partial charge on any atom is -0.342 e. The maximum absolute atomic E-state index is 13.7. The molecule has 0 spiro atoms. The Hall–Kier alpha value is -2.16. The monoisotopic (exact) mass is 450 g/mol. The van der Waals surface area contributed by atoms with E-state index >= 15 is 0 Å². The van der Waals surface area contributed by atoms with Crippen LogP contribution in [0.1, 0.15) is 71.6 Å². The number of piperidine rings is 1. The average molecular weight is 451 g/mol. The van der Waals surface area contributed by atoms with E-state index in [1.807, 2.05) is 4.90 Å². The lowest BCUT2D eigenvalue weighted by Gasteiger charge is -2.36. The molecular weight excluding hydrogens is 412 g/mol. The summed E-state index contributed by atoms with van der Waals surface area (Å²) in [6.07, 6.45) is 7.95. The summed E-state index contributed by atoms with van der Waals surface area (Å²) < 4.78 is 0. The zero-order chi connectivity index (χ0) is 23.5. The van der Waals surface area contributed by atoms with Gasteiger partial charge in [0.25, 0.3) is 5.91 Å². The van der Waals surface area contributed by atoms with Crippen LogP contribution in [-0.2, 0) is 14.4 Å². The second-order valence-corrected chi connectivity index (χ2v) is 10.2. The Bertz CT molecular complexity index is 728. The van der Waals surface area contributed by atoms with Gasteiger partial charge in [0.15, 0.2) is 0 Å². The number of likely N-dealkylation sites (N-methyl/N-ethyl adjacent to an activating group) is 1. The van der Waals surface area contributed by atoms with Gasteiger partial charge in [-0.3, -0.25) is 24.5 Å². The number of carbonyl (C=O) groups is 4. The molecule has 2 atom stereocenters. The second-order valence-electron chi connectivity index (χ2n) is 10.2. The van der Waals surface area contributed by atoms with Crippen LogP contribution in [0.2, 0.25) is 0 Å². The zero-order valence-corrected chi connectivity index (χ0v) is 19.6. The lowest BCUT2D eigenvalue weighted by atomic mass is 9.80. The van der Waals surface area contributed by atoms with Gasteiger partial charge in [0.1, 0.15) is 5.54 Å². The molecule has 3 aliphatic rings. The lowest BCUT2D eigenvalue weighted by molar-refractivity contribution is -0.142. The molecule has 2 aliphatic heterocycles. The maximum atomic E-state index is 13.7. The van der Waals surface area contributed by atoms with Crippen LogP contribution in [-0.4, -0.2) is 75.9 Å². The molecule has 0 aromatic rings. The molecule has 9 heteroatoms. The van der Waals surface area contributed by atoms with Crippen molar-refractivity contribution >= 4 is 23.8 Å². The summed E-state index contributed by atoms with van der Waals surface area (Å²) in [5, 5.41) is 9.18. The lowest BCUT2D eigenvalue weighted by Crippen LogP contribution is -2.47. The number of carbonyl (C=O) groups excluding carboxylic acids is 4. The number of urea groups is 1. The number of hydrogen-bond donors (Lipinski definition) is 2. The SMILES string of the molecule is CN1C(=O)N(CC(CC(=O)NO)C(CC2CCCC2)C(=O)N2CCCCC2)C(=O)C1(C)C.